The Kier molecular flexibility index (Phi) is 4.72. The lowest BCUT2D eigenvalue weighted by molar-refractivity contribution is 0.665. The highest BCUT2D eigenvalue weighted by atomic mass is 14.0. The van der Waals surface area contributed by atoms with Crippen LogP contribution in [0.4, 0.5) is 0 Å². The van der Waals surface area contributed by atoms with Crippen molar-refractivity contribution in [1.82, 2.24) is 0 Å². The van der Waals surface area contributed by atoms with Gasteiger partial charge in [0.05, 0.1) is 0 Å². The summed E-state index contributed by atoms with van der Waals surface area (Å²) in [4.78, 5) is 0. The largest absolute Gasteiger partial charge is 0.0654 e. The molecule has 0 heteroatoms. The average Bonchev–Trinajstić information content (AvgIpc) is 2.18. The third kappa shape index (κ3) is 3.53. The topological polar surface area (TPSA) is 0 Å². The molecule has 0 spiro atoms. The third-order valence-corrected chi connectivity index (χ3v) is 2.80. The van der Waals surface area contributed by atoms with Gasteiger partial charge in [0.2, 0.25) is 0 Å². The van der Waals surface area contributed by atoms with Crippen molar-refractivity contribution in [3.63, 3.8) is 0 Å². The van der Waals surface area contributed by atoms with E-state index >= 15 is 0 Å². The second-order valence-corrected chi connectivity index (χ2v) is 4.24. The van der Waals surface area contributed by atoms with E-state index in [1.807, 2.05) is 0 Å². The summed E-state index contributed by atoms with van der Waals surface area (Å²) in [6.45, 7) is 6.65. The van der Waals surface area contributed by atoms with E-state index in [2.05, 4.69) is 39.0 Å². The lowest BCUT2D eigenvalue weighted by atomic mass is 10.00. The Bertz CT molecular complexity index is 282. The number of aryl methyl sites for hydroxylation is 3. The van der Waals surface area contributed by atoms with E-state index in [0.717, 1.165) is 0 Å². The van der Waals surface area contributed by atoms with Gasteiger partial charge in [-0.1, -0.05) is 49.9 Å². The highest BCUT2D eigenvalue weighted by molar-refractivity contribution is 5.30. The van der Waals surface area contributed by atoms with Crippen molar-refractivity contribution in [3.05, 3.63) is 34.9 Å². The number of benzene rings is 1. The first-order valence-electron chi connectivity index (χ1n) is 5.80. The van der Waals surface area contributed by atoms with Crippen molar-refractivity contribution in [2.24, 2.45) is 0 Å². The Morgan fingerprint density at radius 3 is 2.57 bits per heavy atom. The van der Waals surface area contributed by atoms with Gasteiger partial charge in [0.15, 0.2) is 0 Å². The maximum absolute atomic E-state index is 2.33. The molecular formula is C14H26. The molecule has 0 heterocycles. The highest BCUT2D eigenvalue weighted by Gasteiger charge is 1.98. The second-order valence-electron chi connectivity index (χ2n) is 4.24. The molecule has 0 aliphatic heterocycles. The van der Waals surface area contributed by atoms with Crippen LogP contribution in [0.5, 0.6) is 0 Å². The van der Waals surface area contributed by atoms with Crippen molar-refractivity contribution in [2.45, 2.75) is 52.9 Å². The summed E-state index contributed by atoms with van der Waals surface area (Å²) in [7, 11) is 0. The van der Waals surface area contributed by atoms with Gasteiger partial charge in [-0.3, -0.25) is 0 Å². The molecule has 1 aromatic rings. The summed E-state index contributed by atoms with van der Waals surface area (Å²) in [5.41, 5.74) is 4.38. The molecule has 0 nitrogen and oxygen atoms in total. The van der Waals surface area contributed by atoms with E-state index in [1.165, 1.54) is 43.2 Å². The molecule has 0 aromatic heterocycles. The third-order valence-electron chi connectivity index (χ3n) is 2.80. The predicted octanol–water partition coefficient (Wildman–Crippen LogP) is 4.92. The smallest absolute Gasteiger partial charge is 0 e. The van der Waals surface area contributed by atoms with Crippen LogP contribution in [0.25, 0.3) is 0 Å². The standard InChI is InChI=1S/C14H22.2H2/c1-4-5-6-7-8-14-11-12(2)9-10-13(14)3;;/h9-11H,4-8H2,1-3H3;2*1H. The van der Waals surface area contributed by atoms with Crippen molar-refractivity contribution in [2.75, 3.05) is 0 Å². The fraction of sp³-hybridized carbons (Fsp3) is 0.571. The monoisotopic (exact) mass is 194 g/mol. The number of hydrogen-bond acceptors (Lipinski definition) is 0. The predicted molar refractivity (Wildman–Crippen MR) is 68.0 cm³/mol. The average molecular weight is 194 g/mol. The van der Waals surface area contributed by atoms with Crippen molar-refractivity contribution in [3.8, 4) is 0 Å². The minimum atomic E-state index is 0. The molecule has 0 radical (unpaired) electrons. The van der Waals surface area contributed by atoms with Gasteiger partial charge in [0, 0.05) is 2.85 Å². The van der Waals surface area contributed by atoms with Crippen LogP contribution in [0.3, 0.4) is 0 Å². The summed E-state index contributed by atoms with van der Waals surface area (Å²) in [6.07, 6.45) is 6.69. The fourth-order valence-corrected chi connectivity index (χ4v) is 1.81. The Labute approximate surface area is 91.3 Å². The molecule has 1 rings (SSSR count). The van der Waals surface area contributed by atoms with Crippen LogP contribution in [-0.4, -0.2) is 0 Å². The molecule has 0 amide bonds. The van der Waals surface area contributed by atoms with Crippen LogP contribution in [0.2, 0.25) is 0 Å². The SMILES string of the molecule is CCCCCCc1cc(C)ccc1C.[HH].[HH]. The molecule has 0 aliphatic carbocycles. The molecule has 0 bridgehead atoms. The highest BCUT2D eigenvalue weighted by Crippen LogP contribution is 2.14. The minimum Gasteiger partial charge on any atom is -0.0654 e. The maximum atomic E-state index is 2.33. The van der Waals surface area contributed by atoms with Crippen LogP contribution in [-0.2, 0) is 6.42 Å². The normalized spacial score (nSPS) is 10.5. The van der Waals surface area contributed by atoms with Gasteiger partial charge in [-0.15, -0.1) is 0 Å². The van der Waals surface area contributed by atoms with Crippen molar-refractivity contribution in [1.29, 1.82) is 0 Å². The summed E-state index contributed by atoms with van der Waals surface area (Å²) < 4.78 is 0. The lowest BCUT2D eigenvalue weighted by Crippen LogP contribution is -1.91. The molecule has 0 unspecified atom stereocenters. The number of unbranched alkanes of at least 4 members (excludes halogenated alkanes) is 3. The fourth-order valence-electron chi connectivity index (χ4n) is 1.81. The molecular weight excluding hydrogens is 168 g/mol. The van der Waals surface area contributed by atoms with E-state index in [1.54, 1.807) is 5.56 Å². The Morgan fingerprint density at radius 1 is 1.07 bits per heavy atom. The molecule has 0 fully saturated rings. The molecule has 0 N–H and O–H groups in total. The zero-order chi connectivity index (χ0) is 10.4. The molecule has 1 aromatic carbocycles. The molecule has 0 atom stereocenters. The summed E-state index contributed by atoms with van der Waals surface area (Å²) in [6, 6.07) is 6.77. The van der Waals surface area contributed by atoms with E-state index < -0.39 is 0 Å². The van der Waals surface area contributed by atoms with E-state index in [9.17, 15) is 0 Å². The molecule has 14 heavy (non-hydrogen) atoms. The lowest BCUT2D eigenvalue weighted by Gasteiger charge is -2.06. The summed E-state index contributed by atoms with van der Waals surface area (Å²) in [5, 5.41) is 0. The first-order valence-corrected chi connectivity index (χ1v) is 5.80. The van der Waals surface area contributed by atoms with Gasteiger partial charge in [0.25, 0.3) is 0 Å². The molecule has 0 aliphatic rings. The van der Waals surface area contributed by atoms with E-state index in [0.29, 0.717) is 0 Å². The Hall–Kier alpha value is -0.780. The summed E-state index contributed by atoms with van der Waals surface area (Å²) in [5.74, 6) is 0. The first-order chi connectivity index (χ1) is 6.74. The zero-order valence-electron chi connectivity index (χ0n) is 9.77. The Balaban J connectivity index is 0. The van der Waals surface area contributed by atoms with Gasteiger partial charge in [-0.2, -0.15) is 0 Å². The minimum absolute atomic E-state index is 0. The first kappa shape index (κ1) is 11.3. The number of hydrogen-bond donors (Lipinski definition) is 0. The van der Waals surface area contributed by atoms with Gasteiger partial charge in [-0.25, -0.2) is 0 Å². The van der Waals surface area contributed by atoms with Crippen LogP contribution in [0.1, 0.15) is 52.2 Å². The number of rotatable bonds is 5. The van der Waals surface area contributed by atoms with E-state index in [-0.39, 0.29) is 2.85 Å². The van der Waals surface area contributed by atoms with Crippen molar-refractivity contribution >= 4 is 0 Å². The van der Waals surface area contributed by atoms with Gasteiger partial charge in [-0.05, 0) is 37.8 Å². The van der Waals surface area contributed by atoms with Crippen LogP contribution in [0, 0.1) is 13.8 Å². The van der Waals surface area contributed by atoms with Gasteiger partial charge in [0.1, 0.15) is 0 Å². The summed E-state index contributed by atoms with van der Waals surface area (Å²) >= 11 is 0. The van der Waals surface area contributed by atoms with Crippen LogP contribution < -0.4 is 0 Å². The van der Waals surface area contributed by atoms with Gasteiger partial charge >= 0.3 is 0 Å². The molecule has 0 saturated heterocycles. The quantitative estimate of drug-likeness (QED) is 0.584. The van der Waals surface area contributed by atoms with Gasteiger partial charge < -0.3 is 0 Å². The van der Waals surface area contributed by atoms with Crippen LogP contribution in [0.15, 0.2) is 18.2 Å². The van der Waals surface area contributed by atoms with E-state index in [4.69, 9.17) is 0 Å². The molecule has 82 valence electrons. The van der Waals surface area contributed by atoms with Crippen LogP contribution >= 0.6 is 0 Å². The van der Waals surface area contributed by atoms with Crippen molar-refractivity contribution < 1.29 is 2.85 Å². The zero-order valence-corrected chi connectivity index (χ0v) is 9.77. The second kappa shape index (κ2) is 5.85. The maximum Gasteiger partial charge on any atom is 0 e. The molecule has 0 saturated carbocycles. The Morgan fingerprint density at radius 2 is 1.86 bits per heavy atom.